The Bertz CT molecular complexity index is 746. The van der Waals surface area contributed by atoms with Crippen LogP contribution in [0.1, 0.15) is 59.8 Å². The second-order valence-electron chi connectivity index (χ2n) is 9.30. The van der Waals surface area contributed by atoms with E-state index in [0.717, 1.165) is 0 Å². The van der Waals surface area contributed by atoms with E-state index in [1.165, 1.54) is 11.8 Å². The van der Waals surface area contributed by atoms with E-state index in [2.05, 4.69) is 20.9 Å². The summed E-state index contributed by atoms with van der Waals surface area (Å²) in [5.74, 6) is -2.40. The Morgan fingerprint density at radius 1 is 0.944 bits per heavy atom. The molecular formula is C23H45N7O5S. The molecule has 5 unspecified atom stereocenters. The third kappa shape index (κ3) is 13.5. The van der Waals surface area contributed by atoms with Crippen LogP contribution in [0.3, 0.4) is 0 Å². The fraction of sp³-hybridized carbons (Fsp3) is 0.783. The molecule has 0 heterocycles. The van der Waals surface area contributed by atoms with Gasteiger partial charge < -0.3 is 38.3 Å². The topological polar surface area (TPSA) is 215 Å². The zero-order chi connectivity index (χ0) is 27.8. The van der Waals surface area contributed by atoms with Crippen LogP contribution in [0.5, 0.6) is 0 Å². The monoisotopic (exact) mass is 531 g/mol. The molecule has 0 spiro atoms. The fourth-order valence-corrected chi connectivity index (χ4v) is 3.81. The number of nitrogens with one attached hydrogen (secondary N) is 3. The average Bonchev–Trinajstić information content (AvgIpc) is 2.80. The van der Waals surface area contributed by atoms with Gasteiger partial charge >= 0.3 is 5.97 Å². The van der Waals surface area contributed by atoms with Crippen molar-refractivity contribution in [2.45, 2.75) is 84.0 Å². The lowest BCUT2D eigenvalue weighted by molar-refractivity contribution is -0.142. The molecule has 36 heavy (non-hydrogen) atoms. The van der Waals surface area contributed by atoms with Crippen LogP contribution in [0, 0.1) is 11.8 Å². The number of hydrogen-bond acceptors (Lipinski definition) is 7. The van der Waals surface area contributed by atoms with Crippen LogP contribution < -0.4 is 33.2 Å². The van der Waals surface area contributed by atoms with E-state index in [1.54, 1.807) is 6.92 Å². The maximum Gasteiger partial charge on any atom is 0.326 e. The standard InChI is InChI=1S/C23H45N7O5S/c1-6-14(4)18(21(33)28-16(22(34)35)9-11-36-5)30-20(32)17(12-13(2)3)29-19(31)15(24)8-7-10-27-23(25)26/h13-18H,6-12,24H2,1-5H3,(H,28,33)(H,29,31)(H,30,32)(H,34,35)(H4,25,26,27). The Morgan fingerprint density at radius 2 is 1.56 bits per heavy atom. The molecule has 0 aromatic heterocycles. The van der Waals surface area contributed by atoms with Gasteiger partial charge in [-0.1, -0.05) is 34.1 Å². The summed E-state index contributed by atoms with van der Waals surface area (Å²) < 4.78 is 0. The summed E-state index contributed by atoms with van der Waals surface area (Å²) in [6.45, 7) is 7.81. The second kappa shape index (κ2) is 17.8. The van der Waals surface area contributed by atoms with Crippen LogP contribution in [0.25, 0.3) is 0 Å². The third-order valence-corrected chi connectivity index (χ3v) is 6.31. The summed E-state index contributed by atoms with van der Waals surface area (Å²) in [5.41, 5.74) is 16.5. The molecule has 0 aliphatic heterocycles. The first-order valence-electron chi connectivity index (χ1n) is 12.3. The zero-order valence-corrected chi connectivity index (χ0v) is 22.9. The summed E-state index contributed by atoms with van der Waals surface area (Å²) in [6, 6.07) is -3.79. The Morgan fingerprint density at radius 3 is 2.06 bits per heavy atom. The number of guanidine groups is 1. The molecule has 3 amide bonds. The molecule has 0 aromatic carbocycles. The number of carboxylic acids is 1. The molecule has 0 fully saturated rings. The number of carbonyl (C=O) groups is 4. The molecule has 0 aromatic rings. The molecule has 0 aliphatic rings. The van der Waals surface area contributed by atoms with Crippen molar-refractivity contribution >= 4 is 41.4 Å². The first kappa shape index (κ1) is 33.5. The number of thioether (sulfide) groups is 1. The molecule has 0 aliphatic carbocycles. The Kier molecular flexibility index (Phi) is 16.6. The smallest absolute Gasteiger partial charge is 0.326 e. The molecule has 0 radical (unpaired) electrons. The van der Waals surface area contributed by atoms with Crippen molar-refractivity contribution in [3.8, 4) is 0 Å². The van der Waals surface area contributed by atoms with Crippen molar-refractivity contribution in [3.63, 3.8) is 0 Å². The number of aliphatic imine (C=N–C) groups is 1. The molecule has 0 saturated carbocycles. The molecule has 0 bridgehead atoms. The minimum atomic E-state index is -1.13. The largest absolute Gasteiger partial charge is 0.480 e. The molecule has 12 nitrogen and oxygen atoms in total. The highest BCUT2D eigenvalue weighted by Crippen LogP contribution is 2.12. The lowest BCUT2D eigenvalue weighted by Crippen LogP contribution is -2.58. The summed E-state index contributed by atoms with van der Waals surface area (Å²) in [7, 11) is 0. The molecule has 5 atom stereocenters. The second-order valence-corrected chi connectivity index (χ2v) is 10.3. The highest BCUT2D eigenvalue weighted by atomic mass is 32.2. The van der Waals surface area contributed by atoms with E-state index in [4.69, 9.17) is 17.2 Å². The maximum absolute atomic E-state index is 13.2. The van der Waals surface area contributed by atoms with Gasteiger partial charge in [0.25, 0.3) is 0 Å². The maximum atomic E-state index is 13.2. The summed E-state index contributed by atoms with van der Waals surface area (Å²) in [6.07, 6.45) is 3.83. The highest BCUT2D eigenvalue weighted by Gasteiger charge is 2.32. The minimum Gasteiger partial charge on any atom is -0.480 e. The zero-order valence-electron chi connectivity index (χ0n) is 22.1. The van der Waals surface area contributed by atoms with Crippen LogP contribution in [-0.4, -0.2) is 77.5 Å². The first-order chi connectivity index (χ1) is 16.8. The van der Waals surface area contributed by atoms with Crippen molar-refractivity contribution in [2.75, 3.05) is 18.6 Å². The van der Waals surface area contributed by atoms with E-state index in [0.29, 0.717) is 38.0 Å². The lowest BCUT2D eigenvalue weighted by Gasteiger charge is -2.28. The van der Waals surface area contributed by atoms with Crippen molar-refractivity contribution in [3.05, 3.63) is 0 Å². The van der Waals surface area contributed by atoms with Gasteiger partial charge in [-0.2, -0.15) is 11.8 Å². The van der Waals surface area contributed by atoms with Crippen LogP contribution >= 0.6 is 11.8 Å². The number of amides is 3. The fourth-order valence-electron chi connectivity index (χ4n) is 3.34. The molecule has 0 rings (SSSR count). The third-order valence-electron chi connectivity index (χ3n) is 5.66. The Hall–Kier alpha value is -2.54. The molecule has 10 N–H and O–H groups in total. The lowest BCUT2D eigenvalue weighted by atomic mass is 9.96. The Labute approximate surface area is 218 Å². The van der Waals surface area contributed by atoms with E-state index in [9.17, 15) is 24.3 Å². The van der Waals surface area contributed by atoms with Crippen LogP contribution in [0.15, 0.2) is 4.99 Å². The van der Waals surface area contributed by atoms with Gasteiger partial charge in [-0.3, -0.25) is 19.4 Å². The predicted molar refractivity (Wildman–Crippen MR) is 143 cm³/mol. The SMILES string of the molecule is CCC(C)C(NC(=O)C(CC(C)C)NC(=O)C(N)CCCN=C(N)N)C(=O)NC(CCSC)C(=O)O. The number of carboxylic acid groups (broad SMARTS) is 1. The van der Waals surface area contributed by atoms with Gasteiger partial charge in [0.05, 0.1) is 6.04 Å². The van der Waals surface area contributed by atoms with Gasteiger partial charge in [0.1, 0.15) is 18.1 Å². The van der Waals surface area contributed by atoms with Gasteiger partial charge in [0.2, 0.25) is 17.7 Å². The van der Waals surface area contributed by atoms with E-state index in [1.807, 2.05) is 27.0 Å². The average molecular weight is 532 g/mol. The predicted octanol–water partition coefficient (Wildman–Crippen LogP) is -0.248. The van der Waals surface area contributed by atoms with Crippen molar-refractivity contribution in [1.29, 1.82) is 0 Å². The first-order valence-corrected chi connectivity index (χ1v) is 13.7. The quantitative estimate of drug-likeness (QED) is 0.0704. The normalized spacial score (nSPS) is 15.2. The number of hydrogen-bond donors (Lipinski definition) is 7. The van der Waals surface area contributed by atoms with Crippen LogP contribution in [-0.2, 0) is 19.2 Å². The van der Waals surface area contributed by atoms with Gasteiger partial charge in [-0.15, -0.1) is 0 Å². The van der Waals surface area contributed by atoms with Gasteiger partial charge in [0, 0.05) is 6.54 Å². The number of nitrogens with two attached hydrogens (primary N) is 3. The van der Waals surface area contributed by atoms with Crippen molar-refractivity contribution in [1.82, 2.24) is 16.0 Å². The minimum absolute atomic E-state index is 0.0412. The van der Waals surface area contributed by atoms with E-state index < -0.39 is 47.9 Å². The van der Waals surface area contributed by atoms with E-state index in [-0.39, 0.29) is 24.2 Å². The van der Waals surface area contributed by atoms with Gasteiger partial charge in [-0.25, -0.2) is 4.79 Å². The van der Waals surface area contributed by atoms with Crippen LogP contribution in [0.4, 0.5) is 0 Å². The number of carbonyl (C=O) groups excluding carboxylic acids is 3. The molecule has 0 saturated heterocycles. The van der Waals surface area contributed by atoms with Crippen molar-refractivity contribution < 1.29 is 24.3 Å². The van der Waals surface area contributed by atoms with Crippen LogP contribution in [0.2, 0.25) is 0 Å². The molecular weight excluding hydrogens is 486 g/mol. The summed E-state index contributed by atoms with van der Waals surface area (Å²) >= 11 is 1.48. The Balaban J connectivity index is 5.42. The highest BCUT2D eigenvalue weighted by molar-refractivity contribution is 7.98. The molecule has 13 heteroatoms. The number of rotatable bonds is 18. The number of aliphatic carboxylic acids is 1. The van der Waals surface area contributed by atoms with Gasteiger partial charge in [-0.05, 0) is 49.5 Å². The van der Waals surface area contributed by atoms with E-state index >= 15 is 0 Å². The van der Waals surface area contributed by atoms with Gasteiger partial charge in [0.15, 0.2) is 5.96 Å². The van der Waals surface area contributed by atoms with Crippen molar-refractivity contribution in [2.24, 2.45) is 34.0 Å². The molecule has 208 valence electrons. The summed E-state index contributed by atoms with van der Waals surface area (Å²) in [4.78, 5) is 54.3. The summed E-state index contributed by atoms with van der Waals surface area (Å²) in [5, 5.41) is 17.4. The number of nitrogens with zero attached hydrogens (tertiary/aromatic N) is 1.